The fourth-order valence-electron chi connectivity index (χ4n) is 1.88. The Hall–Kier alpha value is -2.35. The molecule has 8 heteroatoms. The molecule has 1 aromatic rings. The zero-order chi connectivity index (χ0) is 16.8. The third-order valence-electron chi connectivity index (χ3n) is 3.00. The average Bonchev–Trinajstić information content (AvgIpc) is 2.85. The monoisotopic (exact) mass is 334 g/mol. The lowest BCUT2D eigenvalue weighted by Crippen LogP contribution is -2.31. The van der Waals surface area contributed by atoms with Gasteiger partial charge in [-0.1, -0.05) is 11.8 Å². The first kappa shape index (κ1) is 17.0. The molecule has 122 valence electrons. The summed E-state index contributed by atoms with van der Waals surface area (Å²) in [5.41, 5.74) is 1.54. The van der Waals surface area contributed by atoms with Gasteiger partial charge >= 0.3 is 0 Å². The maximum absolute atomic E-state index is 11.6. The first-order chi connectivity index (χ1) is 11.0. The zero-order valence-corrected chi connectivity index (χ0v) is 13.6. The number of aliphatic carboxylic acids is 1. The number of benzene rings is 1. The summed E-state index contributed by atoms with van der Waals surface area (Å²) in [6.45, 7) is 4.31. The van der Waals surface area contributed by atoms with Crippen LogP contribution in [0.5, 0.6) is 5.75 Å². The molecule has 0 radical (unpaired) electrons. The van der Waals surface area contributed by atoms with E-state index in [-0.39, 0.29) is 11.6 Å². The van der Waals surface area contributed by atoms with Crippen molar-refractivity contribution in [1.29, 1.82) is 0 Å². The summed E-state index contributed by atoms with van der Waals surface area (Å²) in [7, 11) is 0. The van der Waals surface area contributed by atoms with E-state index in [9.17, 15) is 14.7 Å². The third-order valence-corrected chi connectivity index (χ3v) is 4.07. The van der Waals surface area contributed by atoms with Crippen molar-refractivity contribution in [3.8, 4) is 5.75 Å². The topological polar surface area (TPSA) is 103 Å². The van der Waals surface area contributed by atoms with Gasteiger partial charge < -0.3 is 20.0 Å². The van der Waals surface area contributed by atoms with Crippen molar-refractivity contribution in [1.82, 2.24) is 5.32 Å². The highest BCUT2D eigenvalue weighted by Crippen LogP contribution is 2.22. The number of hydrogen-bond acceptors (Lipinski definition) is 7. The molecule has 1 atom stereocenters. The van der Waals surface area contributed by atoms with Crippen LogP contribution in [0, 0.1) is 0 Å². The highest BCUT2D eigenvalue weighted by molar-refractivity contribution is 8.15. The van der Waals surface area contributed by atoms with Crippen LogP contribution in [-0.2, 0) is 9.59 Å². The zero-order valence-electron chi connectivity index (χ0n) is 12.7. The Labute approximate surface area is 137 Å². The van der Waals surface area contributed by atoms with E-state index in [1.165, 1.54) is 0 Å². The van der Waals surface area contributed by atoms with E-state index in [2.05, 4.69) is 15.5 Å². The van der Waals surface area contributed by atoms with Crippen molar-refractivity contribution >= 4 is 34.5 Å². The smallest absolute Gasteiger partial charge is 0.239 e. The van der Waals surface area contributed by atoms with E-state index in [1.54, 1.807) is 6.92 Å². The first-order valence-electron chi connectivity index (χ1n) is 7.02. The van der Waals surface area contributed by atoms with Crippen LogP contribution in [0.3, 0.4) is 0 Å². The summed E-state index contributed by atoms with van der Waals surface area (Å²) in [5.74, 6) is -0.890. The average molecular weight is 334 g/mol. The van der Waals surface area contributed by atoms with Gasteiger partial charge in [0.15, 0.2) is 5.17 Å². The molecule has 1 N–H and O–H groups in total. The molecule has 1 saturated heterocycles. The number of carbonyl (C=O) groups excluding carboxylic acids is 2. The van der Waals surface area contributed by atoms with E-state index >= 15 is 0 Å². The SMILES string of the molecule is CCOc1ccc(/C(C)=N\N=C2/NC(=O)[C@H](CC(=O)[O-])S2)cc1. The van der Waals surface area contributed by atoms with Crippen LogP contribution in [0.25, 0.3) is 0 Å². The van der Waals surface area contributed by atoms with Crippen LogP contribution in [0.1, 0.15) is 25.8 Å². The minimum Gasteiger partial charge on any atom is -0.550 e. The van der Waals surface area contributed by atoms with Crippen molar-refractivity contribution in [3.05, 3.63) is 29.8 Å². The molecule has 1 aliphatic rings. The van der Waals surface area contributed by atoms with Crippen LogP contribution < -0.4 is 15.2 Å². The molecular formula is C15H16N3O4S-. The Morgan fingerprint density at radius 3 is 2.70 bits per heavy atom. The molecule has 1 fully saturated rings. The fourth-order valence-corrected chi connectivity index (χ4v) is 2.78. The number of ether oxygens (including phenoxy) is 1. The number of hydrogen-bond donors (Lipinski definition) is 1. The number of nitrogens with one attached hydrogen (secondary N) is 1. The molecule has 0 saturated carbocycles. The van der Waals surface area contributed by atoms with Gasteiger partial charge in [-0.2, -0.15) is 5.10 Å². The van der Waals surface area contributed by atoms with E-state index < -0.39 is 17.1 Å². The van der Waals surface area contributed by atoms with Crippen molar-refractivity contribution in [2.24, 2.45) is 10.2 Å². The van der Waals surface area contributed by atoms with Crippen LogP contribution >= 0.6 is 11.8 Å². The Kier molecular flexibility index (Phi) is 5.75. The molecule has 1 amide bonds. The van der Waals surface area contributed by atoms with Gasteiger partial charge in [0.05, 0.1) is 17.6 Å². The van der Waals surface area contributed by atoms with Gasteiger partial charge in [-0.3, -0.25) is 4.79 Å². The van der Waals surface area contributed by atoms with Crippen LogP contribution in [-0.4, -0.2) is 34.6 Å². The number of carbonyl (C=O) groups is 2. The van der Waals surface area contributed by atoms with Gasteiger partial charge in [-0.25, -0.2) is 0 Å². The number of carboxylic acids is 1. The number of amidine groups is 1. The molecule has 1 heterocycles. The first-order valence-corrected chi connectivity index (χ1v) is 7.90. The molecule has 2 rings (SSSR count). The summed E-state index contributed by atoms with van der Waals surface area (Å²) >= 11 is 1.03. The summed E-state index contributed by atoms with van der Waals surface area (Å²) in [6.07, 6.45) is -0.350. The van der Waals surface area contributed by atoms with E-state index in [0.717, 1.165) is 23.1 Å². The predicted octanol–water partition coefficient (Wildman–Crippen LogP) is 0.537. The van der Waals surface area contributed by atoms with Gasteiger partial charge in [-0.15, -0.1) is 5.10 Å². The fraction of sp³-hybridized carbons (Fsp3) is 0.333. The molecular weight excluding hydrogens is 318 g/mol. The number of amides is 1. The quantitative estimate of drug-likeness (QED) is 0.604. The van der Waals surface area contributed by atoms with Gasteiger partial charge in [0, 0.05) is 12.4 Å². The molecule has 0 aromatic heterocycles. The van der Waals surface area contributed by atoms with Crippen LogP contribution in [0.2, 0.25) is 0 Å². The summed E-state index contributed by atoms with van der Waals surface area (Å²) in [5, 5.41) is 20.6. The van der Waals surface area contributed by atoms with Crippen LogP contribution in [0.4, 0.5) is 0 Å². The summed E-state index contributed by atoms with van der Waals surface area (Å²) in [4.78, 5) is 22.1. The van der Waals surface area contributed by atoms with Gasteiger partial charge in [0.2, 0.25) is 5.91 Å². The predicted molar refractivity (Wildman–Crippen MR) is 86.4 cm³/mol. The second kappa shape index (κ2) is 7.77. The molecule has 7 nitrogen and oxygen atoms in total. The van der Waals surface area contributed by atoms with Crippen molar-refractivity contribution in [2.75, 3.05) is 6.61 Å². The van der Waals surface area contributed by atoms with Crippen molar-refractivity contribution in [3.63, 3.8) is 0 Å². The maximum Gasteiger partial charge on any atom is 0.239 e. The molecule has 0 aliphatic carbocycles. The number of thioether (sulfide) groups is 1. The largest absolute Gasteiger partial charge is 0.550 e. The van der Waals surface area contributed by atoms with Crippen molar-refractivity contribution < 1.29 is 19.4 Å². The maximum atomic E-state index is 11.6. The lowest BCUT2D eigenvalue weighted by atomic mass is 10.1. The Bertz CT molecular complexity index is 655. The highest BCUT2D eigenvalue weighted by atomic mass is 32.2. The highest BCUT2D eigenvalue weighted by Gasteiger charge is 2.30. The number of nitrogens with zero attached hydrogens (tertiary/aromatic N) is 2. The molecule has 23 heavy (non-hydrogen) atoms. The van der Waals surface area contributed by atoms with E-state index in [0.29, 0.717) is 12.3 Å². The van der Waals surface area contributed by atoms with Gasteiger partial charge in [0.1, 0.15) is 5.75 Å². The van der Waals surface area contributed by atoms with E-state index in [1.807, 2.05) is 31.2 Å². The second-order valence-electron chi connectivity index (χ2n) is 4.72. The summed E-state index contributed by atoms with van der Waals surface area (Å²) in [6, 6.07) is 7.41. The van der Waals surface area contributed by atoms with Crippen molar-refractivity contribution in [2.45, 2.75) is 25.5 Å². The van der Waals surface area contributed by atoms with Gasteiger partial charge in [0.25, 0.3) is 0 Å². The minimum atomic E-state index is -1.27. The Morgan fingerprint density at radius 1 is 1.39 bits per heavy atom. The lowest BCUT2D eigenvalue weighted by Gasteiger charge is -2.04. The molecule has 0 bridgehead atoms. The molecule has 1 aromatic carbocycles. The standard InChI is InChI=1S/C15H17N3O4S/c1-3-22-11-6-4-10(5-7-11)9(2)17-18-15-16-14(21)12(23-15)8-13(19)20/h4-7,12H,3,8H2,1-2H3,(H,19,20)(H,16,18,21)/p-1/b17-9-/t12-/m0/s1. The summed E-state index contributed by atoms with van der Waals surface area (Å²) < 4.78 is 5.37. The number of rotatable bonds is 6. The molecule has 1 aliphatic heterocycles. The van der Waals surface area contributed by atoms with Crippen LogP contribution in [0.15, 0.2) is 34.5 Å². The lowest BCUT2D eigenvalue weighted by molar-refractivity contribution is -0.305. The van der Waals surface area contributed by atoms with Gasteiger partial charge in [-0.05, 0) is 43.7 Å². The normalized spacial score (nSPS) is 19.7. The number of carboxylic acid groups (broad SMARTS) is 1. The second-order valence-corrected chi connectivity index (χ2v) is 5.91. The molecule has 0 unspecified atom stereocenters. The van der Waals surface area contributed by atoms with E-state index in [4.69, 9.17) is 4.74 Å². The Balaban J connectivity index is 2.03. The minimum absolute atomic E-state index is 0.284. The Morgan fingerprint density at radius 2 is 2.09 bits per heavy atom. The third kappa shape index (κ3) is 4.82. The molecule has 0 spiro atoms.